The fourth-order valence-electron chi connectivity index (χ4n) is 5.80. The van der Waals surface area contributed by atoms with Crippen LogP contribution in [0.4, 0.5) is 9.39 Å². The molecule has 1 N–H and O–H groups in total. The summed E-state index contributed by atoms with van der Waals surface area (Å²) in [7, 11) is 0. The normalized spacial score (nSPS) is 13.1. The van der Waals surface area contributed by atoms with Gasteiger partial charge in [-0.2, -0.15) is 0 Å². The lowest BCUT2D eigenvalue weighted by Crippen LogP contribution is -2.22. The number of ether oxygens (including phenoxy) is 2. The summed E-state index contributed by atoms with van der Waals surface area (Å²) < 4.78 is 25.5. The molecule has 0 atom stereocenters. The molecule has 6 rings (SSSR count). The lowest BCUT2D eigenvalue weighted by atomic mass is 10.0. The molecular weight excluding hydrogens is 639 g/mol. The van der Waals surface area contributed by atoms with E-state index in [4.69, 9.17) is 26.1 Å². The van der Waals surface area contributed by atoms with Gasteiger partial charge in [0, 0.05) is 21.4 Å². The summed E-state index contributed by atoms with van der Waals surface area (Å²) in [4.78, 5) is 45.6. The second-order valence-corrected chi connectivity index (χ2v) is 12.7. The van der Waals surface area contributed by atoms with Gasteiger partial charge in [0.25, 0.3) is 5.91 Å². The lowest BCUT2D eigenvalue weighted by Gasteiger charge is -2.13. The highest BCUT2D eigenvalue weighted by Gasteiger charge is 2.29. The van der Waals surface area contributed by atoms with Crippen molar-refractivity contribution in [3.05, 3.63) is 116 Å². The predicted octanol–water partition coefficient (Wildman–Crippen LogP) is 8.83. The molecular formula is C37H30ClFN2O5S. The van der Waals surface area contributed by atoms with E-state index in [1.54, 1.807) is 43.3 Å². The zero-order valence-corrected chi connectivity index (χ0v) is 27.5. The monoisotopic (exact) mass is 668 g/mol. The number of hydrogen-bond acceptors (Lipinski definition) is 7. The van der Waals surface area contributed by atoms with E-state index in [-0.39, 0.29) is 22.8 Å². The first-order valence-electron chi connectivity index (χ1n) is 15.1. The molecule has 0 radical (unpaired) electrons. The van der Waals surface area contributed by atoms with E-state index in [1.807, 2.05) is 44.2 Å². The molecule has 3 aromatic carbocycles. The molecule has 47 heavy (non-hydrogen) atoms. The fourth-order valence-corrected chi connectivity index (χ4v) is 7.10. The summed E-state index contributed by atoms with van der Waals surface area (Å²) in [5.74, 6) is -2.30. The van der Waals surface area contributed by atoms with E-state index in [1.165, 1.54) is 17.4 Å². The van der Waals surface area contributed by atoms with Crippen LogP contribution in [0.2, 0.25) is 5.02 Å². The fraction of sp³-hybridized carbons (Fsp3) is 0.189. The summed E-state index contributed by atoms with van der Waals surface area (Å²) in [6, 6.07) is 19.4. The Labute approximate surface area is 280 Å². The van der Waals surface area contributed by atoms with Crippen LogP contribution >= 0.6 is 22.9 Å². The van der Waals surface area contributed by atoms with Crippen LogP contribution in [-0.2, 0) is 20.7 Å². The molecule has 0 bridgehead atoms. The molecule has 0 saturated heterocycles. The van der Waals surface area contributed by atoms with Gasteiger partial charge in [-0.1, -0.05) is 65.7 Å². The van der Waals surface area contributed by atoms with Crippen molar-refractivity contribution in [1.82, 2.24) is 4.98 Å². The molecule has 7 nitrogen and oxygen atoms in total. The highest BCUT2D eigenvalue weighted by atomic mass is 35.5. The van der Waals surface area contributed by atoms with Gasteiger partial charge in [-0.3, -0.25) is 4.79 Å². The molecule has 0 unspecified atom stereocenters. The zero-order valence-electron chi connectivity index (χ0n) is 25.9. The second-order valence-electron chi connectivity index (χ2n) is 11.1. The second kappa shape index (κ2) is 13.5. The molecule has 5 aromatic rings. The van der Waals surface area contributed by atoms with Gasteiger partial charge in [0.2, 0.25) is 0 Å². The number of nitrogens with one attached hydrogen (secondary N) is 1. The minimum atomic E-state index is -0.687. The molecule has 2 aromatic heterocycles. The third-order valence-electron chi connectivity index (χ3n) is 7.96. The maximum atomic E-state index is 14.6. The van der Waals surface area contributed by atoms with Gasteiger partial charge in [0.1, 0.15) is 16.4 Å². The van der Waals surface area contributed by atoms with Gasteiger partial charge in [0.15, 0.2) is 6.61 Å². The number of benzene rings is 3. The molecule has 1 amide bonds. The Morgan fingerprint density at radius 3 is 2.45 bits per heavy atom. The number of esters is 2. The van der Waals surface area contributed by atoms with Gasteiger partial charge >= 0.3 is 11.9 Å². The number of nitrogens with zero attached hydrogens (tertiary/aromatic N) is 1. The van der Waals surface area contributed by atoms with Crippen LogP contribution in [-0.4, -0.2) is 36.0 Å². The molecule has 10 heteroatoms. The van der Waals surface area contributed by atoms with Crippen molar-refractivity contribution in [2.75, 3.05) is 18.5 Å². The lowest BCUT2D eigenvalue weighted by molar-refractivity contribution is -0.119. The summed E-state index contributed by atoms with van der Waals surface area (Å²) >= 11 is 7.54. The van der Waals surface area contributed by atoms with Crippen LogP contribution in [0.15, 0.2) is 66.7 Å². The largest absolute Gasteiger partial charge is 0.462 e. The molecule has 1 aliphatic carbocycles. The quantitative estimate of drug-likeness (QED) is 0.166. The number of amides is 1. The number of halogens is 2. The van der Waals surface area contributed by atoms with E-state index >= 15 is 0 Å². The van der Waals surface area contributed by atoms with Crippen molar-refractivity contribution in [1.29, 1.82) is 0 Å². The van der Waals surface area contributed by atoms with Crippen LogP contribution < -0.4 is 5.32 Å². The van der Waals surface area contributed by atoms with Crippen LogP contribution in [0, 0.1) is 19.7 Å². The van der Waals surface area contributed by atoms with Crippen LogP contribution in [0.1, 0.15) is 61.3 Å². The van der Waals surface area contributed by atoms with E-state index in [0.29, 0.717) is 51.1 Å². The summed E-state index contributed by atoms with van der Waals surface area (Å²) in [5.41, 5.74) is 5.93. The molecule has 0 aliphatic heterocycles. The number of allylic oxidation sites excluding steroid dienone is 1. The highest BCUT2D eigenvalue weighted by Crippen LogP contribution is 2.41. The number of thiophene rings is 1. The van der Waals surface area contributed by atoms with Crippen molar-refractivity contribution in [3.8, 4) is 11.1 Å². The topological polar surface area (TPSA) is 94.6 Å². The first-order valence-corrected chi connectivity index (χ1v) is 16.3. The summed E-state index contributed by atoms with van der Waals surface area (Å²) in [6.07, 6.45) is 2.66. The van der Waals surface area contributed by atoms with Crippen molar-refractivity contribution >= 4 is 68.3 Å². The van der Waals surface area contributed by atoms with E-state index in [0.717, 1.165) is 21.6 Å². The Kier molecular flexibility index (Phi) is 9.20. The molecule has 1 aliphatic rings. The van der Waals surface area contributed by atoms with Gasteiger partial charge in [-0.15, -0.1) is 11.3 Å². The Bertz CT molecular complexity index is 2070. The van der Waals surface area contributed by atoms with Gasteiger partial charge in [0.05, 0.1) is 28.4 Å². The van der Waals surface area contributed by atoms with Crippen LogP contribution in [0.3, 0.4) is 0 Å². The molecule has 0 spiro atoms. The number of aromatic nitrogens is 1. The number of anilines is 1. The Balaban J connectivity index is 1.28. The number of rotatable bonds is 8. The van der Waals surface area contributed by atoms with Gasteiger partial charge < -0.3 is 14.8 Å². The minimum Gasteiger partial charge on any atom is -0.462 e. The number of pyridine rings is 1. The Hall–Kier alpha value is -4.86. The molecule has 238 valence electrons. The number of para-hydroxylation sites is 1. The minimum absolute atomic E-state index is 0.167. The smallest absolute Gasteiger partial charge is 0.341 e. The highest BCUT2D eigenvalue weighted by molar-refractivity contribution is 7.17. The SMILES string of the molecule is CCOC(=O)c1c(NC(=O)COC(=O)c2c3c(nc4ccccc24)/C(=C\c2c(F)cccc2Cl)CC3)sc(C)c1-c1ccc(C)cc1. The average molecular weight is 669 g/mol. The zero-order chi connectivity index (χ0) is 33.2. The van der Waals surface area contributed by atoms with Crippen molar-refractivity contribution in [2.45, 2.75) is 33.6 Å². The third kappa shape index (κ3) is 6.41. The van der Waals surface area contributed by atoms with Gasteiger partial charge in [-0.25, -0.2) is 19.0 Å². The number of carbonyl (C=O) groups excluding carboxylic acids is 3. The standard InChI is InChI=1S/C37H30ClFN2O5S/c1-4-45-37(44)33-31(22-14-12-20(2)13-15-22)21(3)47-35(33)41-30(42)19-46-36(43)32-24-8-5-6-11-29(24)40-34-23(16-17-25(32)34)18-26-27(38)9-7-10-28(26)39/h5-15,18H,4,16-17,19H2,1-3H3,(H,41,42)/b23-18-. The third-order valence-corrected chi connectivity index (χ3v) is 9.31. The van der Waals surface area contributed by atoms with Gasteiger partial charge in [-0.05, 0) is 74.6 Å². The maximum Gasteiger partial charge on any atom is 0.341 e. The Morgan fingerprint density at radius 2 is 1.70 bits per heavy atom. The molecule has 0 fully saturated rings. The number of hydrogen-bond donors (Lipinski definition) is 1. The van der Waals surface area contributed by atoms with Crippen molar-refractivity contribution in [3.63, 3.8) is 0 Å². The van der Waals surface area contributed by atoms with E-state index in [9.17, 15) is 18.8 Å². The number of carbonyl (C=O) groups is 3. The first kappa shape index (κ1) is 32.1. The van der Waals surface area contributed by atoms with Crippen LogP contribution in [0.25, 0.3) is 33.7 Å². The molecule has 2 heterocycles. The average Bonchev–Trinajstić information content (AvgIpc) is 3.60. The van der Waals surface area contributed by atoms with Crippen LogP contribution in [0.5, 0.6) is 0 Å². The van der Waals surface area contributed by atoms with Crippen molar-refractivity contribution < 1.29 is 28.2 Å². The van der Waals surface area contributed by atoms with Crippen molar-refractivity contribution in [2.24, 2.45) is 0 Å². The number of aryl methyl sites for hydroxylation is 2. The summed E-state index contributed by atoms with van der Waals surface area (Å²) in [5, 5.41) is 3.94. The number of fused-ring (bicyclic) bond motifs is 2. The predicted molar refractivity (Wildman–Crippen MR) is 183 cm³/mol. The van der Waals surface area contributed by atoms with E-state index < -0.39 is 30.3 Å². The maximum absolute atomic E-state index is 14.6. The summed E-state index contributed by atoms with van der Waals surface area (Å²) in [6.45, 7) is 5.14. The molecule has 0 saturated carbocycles. The first-order chi connectivity index (χ1) is 22.7. The Morgan fingerprint density at radius 1 is 0.957 bits per heavy atom. The van der Waals surface area contributed by atoms with E-state index in [2.05, 4.69) is 5.32 Å².